The second-order valence-corrected chi connectivity index (χ2v) is 8.96. The fraction of sp³-hybridized carbons (Fsp3) is 0.591. The van der Waals surface area contributed by atoms with Crippen LogP contribution in [0, 0.1) is 24.7 Å². The molecule has 2 fully saturated rings. The summed E-state index contributed by atoms with van der Waals surface area (Å²) in [5.74, 6) is -0.824. The van der Waals surface area contributed by atoms with E-state index in [2.05, 4.69) is 15.2 Å². The predicted molar refractivity (Wildman–Crippen MR) is 107 cm³/mol. The van der Waals surface area contributed by atoms with Gasteiger partial charge in [-0.3, -0.25) is 4.79 Å². The Kier molecular flexibility index (Phi) is 5.14. The van der Waals surface area contributed by atoms with Gasteiger partial charge in [-0.25, -0.2) is 0 Å². The maximum absolute atomic E-state index is 12.9. The van der Waals surface area contributed by atoms with Crippen LogP contribution in [0.3, 0.4) is 0 Å². The van der Waals surface area contributed by atoms with Crippen LogP contribution < -0.4 is 0 Å². The maximum atomic E-state index is 12.9. The van der Waals surface area contributed by atoms with Crippen LogP contribution in [0.15, 0.2) is 24.3 Å². The van der Waals surface area contributed by atoms with Crippen LogP contribution in [0.1, 0.15) is 44.5 Å². The van der Waals surface area contributed by atoms with E-state index in [1.54, 1.807) is 0 Å². The molecule has 1 N–H and O–H groups in total. The second kappa shape index (κ2) is 7.39. The zero-order chi connectivity index (χ0) is 21.7. The zero-order valence-corrected chi connectivity index (χ0v) is 17.5. The first kappa shape index (κ1) is 20.9. The third-order valence-electron chi connectivity index (χ3n) is 6.86. The van der Waals surface area contributed by atoms with Crippen molar-refractivity contribution in [3.8, 4) is 11.4 Å². The predicted octanol–water partition coefficient (Wildman–Crippen LogP) is 4.49. The van der Waals surface area contributed by atoms with Gasteiger partial charge in [-0.1, -0.05) is 36.8 Å². The lowest BCUT2D eigenvalue weighted by molar-refractivity contribution is -0.187. The van der Waals surface area contributed by atoms with Crippen molar-refractivity contribution in [2.24, 2.45) is 17.8 Å². The monoisotopic (exact) mass is 420 g/mol. The summed E-state index contributed by atoms with van der Waals surface area (Å²) in [5, 5.41) is 8.78. The van der Waals surface area contributed by atoms with Crippen molar-refractivity contribution < 1.29 is 18.0 Å². The molecule has 2 aromatic rings. The molecule has 5 nitrogen and oxygen atoms in total. The molecule has 2 aliphatic rings. The molecule has 1 saturated heterocycles. The van der Waals surface area contributed by atoms with Gasteiger partial charge in [-0.05, 0) is 44.9 Å². The van der Waals surface area contributed by atoms with Crippen molar-refractivity contribution in [3.63, 3.8) is 0 Å². The third-order valence-corrected chi connectivity index (χ3v) is 6.86. The molecular formula is C22H27F3N4O. The SMILES string of the molecule is Cc1ccc(-c2nnc(C3([C@H]4CCN(C(=O)[C@H](C)C(F)(F)F)C[C@H]4C)CC3)[nH]2)cc1. The van der Waals surface area contributed by atoms with Crippen LogP contribution in [0.2, 0.25) is 0 Å². The third kappa shape index (κ3) is 3.72. The average molecular weight is 420 g/mol. The van der Waals surface area contributed by atoms with Gasteiger partial charge in [0.15, 0.2) is 5.82 Å². The Hall–Kier alpha value is -2.38. The molecule has 0 spiro atoms. The number of hydrogen-bond acceptors (Lipinski definition) is 3. The molecule has 0 bridgehead atoms. The molecule has 0 unspecified atom stereocenters. The Morgan fingerprint density at radius 1 is 1.23 bits per heavy atom. The fourth-order valence-electron chi connectivity index (χ4n) is 4.83. The molecule has 4 rings (SSSR count). The Bertz CT molecular complexity index is 917. The molecule has 162 valence electrons. The average Bonchev–Trinajstić information content (AvgIpc) is 3.35. The number of benzene rings is 1. The van der Waals surface area contributed by atoms with Gasteiger partial charge in [0.25, 0.3) is 0 Å². The van der Waals surface area contributed by atoms with Crippen molar-refractivity contribution >= 4 is 5.91 Å². The standard InChI is InChI=1S/C22H27F3N4O/c1-13-4-6-16(7-5-13)18-26-20(28-27-18)21(9-10-21)17-8-11-29(12-14(17)2)19(30)15(3)22(23,24)25/h4-7,14-15,17H,8-12H2,1-3H3,(H,26,27,28)/t14-,15+,17+/m1/s1. The molecule has 1 aliphatic carbocycles. The number of nitrogens with zero attached hydrogens (tertiary/aromatic N) is 3. The van der Waals surface area contributed by atoms with E-state index < -0.39 is 18.0 Å². The summed E-state index contributed by atoms with van der Waals surface area (Å²) < 4.78 is 38.8. The van der Waals surface area contributed by atoms with E-state index in [9.17, 15) is 18.0 Å². The van der Waals surface area contributed by atoms with Gasteiger partial charge < -0.3 is 9.88 Å². The number of piperidine rings is 1. The van der Waals surface area contributed by atoms with Crippen molar-refractivity contribution in [2.75, 3.05) is 13.1 Å². The topological polar surface area (TPSA) is 61.9 Å². The minimum absolute atomic E-state index is 0.0959. The number of halogens is 3. The molecule has 8 heteroatoms. The summed E-state index contributed by atoms with van der Waals surface area (Å²) in [4.78, 5) is 17.1. The van der Waals surface area contributed by atoms with Gasteiger partial charge in [0.05, 0.1) is 0 Å². The van der Waals surface area contributed by atoms with Crippen LogP contribution >= 0.6 is 0 Å². The van der Waals surface area contributed by atoms with Gasteiger partial charge in [0, 0.05) is 24.1 Å². The summed E-state index contributed by atoms with van der Waals surface area (Å²) in [5.41, 5.74) is 2.04. The number of likely N-dealkylation sites (tertiary alicyclic amines) is 1. The largest absolute Gasteiger partial charge is 0.400 e. The van der Waals surface area contributed by atoms with E-state index in [1.165, 1.54) is 10.5 Å². The summed E-state index contributed by atoms with van der Waals surface area (Å²) in [6, 6.07) is 8.07. The lowest BCUT2D eigenvalue weighted by atomic mass is 9.74. The minimum atomic E-state index is -4.50. The molecule has 1 aromatic carbocycles. The van der Waals surface area contributed by atoms with Crippen molar-refractivity contribution in [1.29, 1.82) is 0 Å². The Morgan fingerprint density at radius 2 is 1.90 bits per heavy atom. The Labute approximate surface area is 174 Å². The normalized spacial score (nSPS) is 24.5. The molecule has 1 aromatic heterocycles. The summed E-state index contributed by atoms with van der Waals surface area (Å²) in [6.45, 7) is 5.71. The van der Waals surface area contributed by atoms with Crippen LogP contribution in [0.5, 0.6) is 0 Å². The molecule has 1 saturated carbocycles. The second-order valence-electron chi connectivity index (χ2n) is 8.96. The first-order chi connectivity index (χ1) is 14.1. The lowest BCUT2D eigenvalue weighted by Crippen LogP contribution is -2.49. The highest BCUT2D eigenvalue weighted by molar-refractivity contribution is 5.79. The Morgan fingerprint density at radius 3 is 2.47 bits per heavy atom. The number of hydrogen-bond donors (Lipinski definition) is 1. The maximum Gasteiger partial charge on any atom is 0.400 e. The van der Waals surface area contributed by atoms with Crippen molar-refractivity contribution in [2.45, 2.75) is 51.6 Å². The van der Waals surface area contributed by atoms with E-state index in [0.29, 0.717) is 19.5 Å². The fourth-order valence-corrected chi connectivity index (χ4v) is 4.83. The number of amides is 1. The van der Waals surface area contributed by atoms with Crippen LogP contribution in [-0.4, -0.2) is 45.3 Å². The van der Waals surface area contributed by atoms with E-state index in [-0.39, 0.29) is 17.3 Å². The lowest BCUT2D eigenvalue weighted by Gasteiger charge is -2.41. The molecule has 2 heterocycles. The van der Waals surface area contributed by atoms with Gasteiger partial charge >= 0.3 is 6.18 Å². The van der Waals surface area contributed by atoms with Gasteiger partial charge in [0.1, 0.15) is 11.7 Å². The number of aryl methyl sites for hydroxylation is 1. The van der Waals surface area contributed by atoms with Gasteiger partial charge in [0.2, 0.25) is 5.91 Å². The number of alkyl halides is 3. The summed E-state index contributed by atoms with van der Waals surface area (Å²) >= 11 is 0. The summed E-state index contributed by atoms with van der Waals surface area (Å²) in [7, 11) is 0. The molecule has 1 aliphatic heterocycles. The number of aromatic nitrogens is 3. The first-order valence-corrected chi connectivity index (χ1v) is 10.5. The van der Waals surface area contributed by atoms with Gasteiger partial charge in [-0.2, -0.15) is 13.2 Å². The molecule has 3 atom stereocenters. The number of rotatable bonds is 4. The van der Waals surface area contributed by atoms with E-state index in [0.717, 1.165) is 37.0 Å². The van der Waals surface area contributed by atoms with Crippen LogP contribution in [0.25, 0.3) is 11.4 Å². The van der Waals surface area contributed by atoms with E-state index >= 15 is 0 Å². The highest BCUT2D eigenvalue weighted by Crippen LogP contribution is 2.57. The smallest absolute Gasteiger partial charge is 0.342 e. The molecule has 30 heavy (non-hydrogen) atoms. The zero-order valence-electron chi connectivity index (χ0n) is 17.5. The summed E-state index contributed by atoms with van der Waals surface area (Å²) in [6.07, 6.45) is -1.85. The Balaban J connectivity index is 1.48. The number of H-pyrrole nitrogens is 1. The van der Waals surface area contributed by atoms with Crippen molar-refractivity contribution in [3.05, 3.63) is 35.7 Å². The molecule has 0 radical (unpaired) electrons. The number of carbonyl (C=O) groups excluding carboxylic acids is 1. The highest BCUT2D eigenvalue weighted by atomic mass is 19.4. The molecule has 1 amide bonds. The first-order valence-electron chi connectivity index (χ1n) is 10.5. The number of nitrogens with one attached hydrogen (secondary N) is 1. The van der Waals surface area contributed by atoms with E-state index in [1.807, 2.05) is 38.1 Å². The van der Waals surface area contributed by atoms with Crippen LogP contribution in [0.4, 0.5) is 13.2 Å². The van der Waals surface area contributed by atoms with Crippen molar-refractivity contribution in [1.82, 2.24) is 20.1 Å². The van der Waals surface area contributed by atoms with Gasteiger partial charge in [-0.15, -0.1) is 10.2 Å². The number of carbonyl (C=O) groups is 1. The van der Waals surface area contributed by atoms with Crippen LogP contribution in [-0.2, 0) is 10.2 Å². The highest BCUT2D eigenvalue weighted by Gasteiger charge is 2.56. The number of aromatic amines is 1. The minimum Gasteiger partial charge on any atom is -0.342 e. The quantitative estimate of drug-likeness (QED) is 0.793. The van der Waals surface area contributed by atoms with E-state index in [4.69, 9.17) is 0 Å². The molecular weight excluding hydrogens is 393 g/mol.